The zero-order valence-corrected chi connectivity index (χ0v) is 12.8. The zero-order chi connectivity index (χ0) is 15.8. The molecule has 0 bridgehead atoms. The molecular weight excluding hydrogens is 308 g/mol. The van der Waals surface area contributed by atoms with Crippen LogP contribution in [0.4, 0.5) is 5.69 Å². The van der Waals surface area contributed by atoms with Crippen molar-refractivity contribution in [3.63, 3.8) is 0 Å². The molecule has 5 heteroatoms. The van der Waals surface area contributed by atoms with Crippen LogP contribution in [0, 0.1) is 0 Å². The molecule has 1 aromatic heterocycles. The summed E-state index contributed by atoms with van der Waals surface area (Å²) < 4.78 is 1.31. The van der Waals surface area contributed by atoms with E-state index < -0.39 is 0 Å². The Bertz CT molecular complexity index is 997. The fraction of sp³-hybridized carbons (Fsp3) is 0. The number of rotatable bonds is 2. The Kier molecular flexibility index (Phi) is 3.20. The Balaban J connectivity index is 1.83. The lowest BCUT2D eigenvalue weighted by Gasteiger charge is -2.03. The van der Waals surface area contributed by atoms with Gasteiger partial charge < -0.3 is 5.11 Å². The first-order valence-electron chi connectivity index (χ1n) is 7.09. The number of para-hydroxylation sites is 2. The molecule has 0 spiro atoms. The molecule has 2 aromatic carbocycles. The molecular formula is C18H12N2O2S. The van der Waals surface area contributed by atoms with Crippen molar-refractivity contribution in [2.75, 3.05) is 0 Å². The van der Waals surface area contributed by atoms with Crippen molar-refractivity contribution in [2.45, 2.75) is 0 Å². The Hall–Kier alpha value is -2.92. The molecule has 1 aliphatic heterocycles. The van der Waals surface area contributed by atoms with Gasteiger partial charge >= 0.3 is 4.87 Å². The van der Waals surface area contributed by atoms with Crippen molar-refractivity contribution in [2.24, 2.45) is 4.99 Å². The number of thiazole rings is 1. The lowest BCUT2D eigenvalue weighted by molar-refractivity contribution is 0.440. The van der Waals surface area contributed by atoms with Crippen LogP contribution in [0.1, 0.15) is 10.4 Å². The highest BCUT2D eigenvalue weighted by Crippen LogP contribution is 2.34. The third kappa shape index (κ3) is 2.31. The molecule has 0 fully saturated rings. The largest absolute Gasteiger partial charge is 0.493 e. The molecule has 4 nitrogen and oxygen atoms in total. The van der Waals surface area contributed by atoms with Gasteiger partial charge in [0.05, 0.1) is 16.3 Å². The van der Waals surface area contributed by atoms with Crippen LogP contribution >= 0.6 is 11.3 Å². The standard InChI is InChI=1S/C18H12N2O2S/c21-17-16(10-12-11-19-15-9-5-4-8-14(12)15)23-18(22)20(17)13-6-2-1-3-7-13/h1-11,21H/b12-10+. The van der Waals surface area contributed by atoms with E-state index in [1.54, 1.807) is 24.4 Å². The van der Waals surface area contributed by atoms with Gasteiger partial charge in [0, 0.05) is 17.4 Å². The van der Waals surface area contributed by atoms with E-state index in [1.165, 1.54) is 4.57 Å². The van der Waals surface area contributed by atoms with Gasteiger partial charge in [-0.15, -0.1) is 0 Å². The molecule has 3 aromatic rings. The van der Waals surface area contributed by atoms with Gasteiger partial charge in [-0.2, -0.15) is 0 Å². The molecule has 0 atom stereocenters. The van der Waals surface area contributed by atoms with E-state index in [2.05, 4.69) is 4.99 Å². The highest BCUT2D eigenvalue weighted by molar-refractivity contribution is 7.10. The first-order chi connectivity index (χ1) is 11.2. The average molecular weight is 320 g/mol. The number of nitrogens with zero attached hydrogens (tertiary/aromatic N) is 2. The normalized spacial score (nSPS) is 14.3. The fourth-order valence-corrected chi connectivity index (χ4v) is 3.42. The molecule has 0 unspecified atom stereocenters. The molecule has 0 aliphatic carbocycles. The van der Waals surface area contributed by atoms with E-state index in [9.17, 15) is 9.90 Å². The molecule has 0 saturated carbocycles. The van der Waals surface area contributed by atoms with Gasteiger partial charge in [0.15, 0.2) is 0 Å². The minimum atomic E-state index is -0.219. The van der Waals surface area contributed by atoms with Gasteiger partial charge in [0.1, 0.15) is 0 Å². The predicted octanol–water partition coefficient (Wildman–Crippen LogP) is 3.86. The topological polar surface area (TPSA) is 54.6 Å². The molecule has 112 valence electrons. The highest BCUT2D eigenvalue weighted by Gasteiger charge is 2.17. The van der Waals surface area contributed by atoms with Gasteiger partial charge in [-0.25, -0.2) is 4.57 Å². The van der Waals surface area contributed by atoms with E-state index in [0.717, 1.165) is 28.2 Å². The molecule has 1 N–H and O–H groups in total. The molecule has 4 rings (SSSR count). The van der Waals surface area contributed by atoms with Gasteiger partial charge in [0.25, 0.3) is 0 Å². The summed E-state index contributed by atoms with van der Waals surface area (Å²) in [5.74, 6) is -0.0449. The molecule has 0 radical (unpaired) electrons. The lowest BCUT2D eigenvalue weighted by Crippen LogP contribution is -2.09. The molecule has 1 aliphatic rings. The van der Waals surface area contributed by atoms with Gasteiger partial charge in [-0.1, -0.05) is 47.7 Å². The minimum Gasteiger partial charge on any atom is -0.493 e. The maximum Gasteiger partial charge on any atom is 0.315 e. The van der Waals surface area contributed by atoms with Crippen LogP contribution in [0.2, 0.25) is 0 Å². The number of hydrogen-bond acceptors (Lipinski definition) is 4. The van der Waals surface area contributed by atoms with Gasteiger partial charge in [0.2, 0.25) is 5.88 Å². The maximum absolute atomic E-state index is 12.2. The van der Waals surface area contributed by atoms with Crippen LogP contribution in [0.3, 0.4) is 0 Å². The third-order valence-electron chi connectivity index (χ3n) is 3.67. The van der Waals surface area contributed by atoms with Crippen LogP contribution in [0.15, 0.2) is 64.4 Å². The van der Waals surface area contributed by atoms with Crippen LogP contribution < -0.4 is 4.87 Å². The van der Waals surface area contributed by atoms with Crippen molar-refractivity contribution in [1.29, 1.82) is 0 Å². The smallest absolute Gasteiger partial charge is 0.315 e. The first kappa shape index (κ1) is 13.7. The van der Waals surface area contributed by atoms with Crippen molar-refractivity contribution in [1.82, 2.24) is 4.57 Å². The summed E-state index contributed by atoms with van der Waals surface area (Å²) in [4.78, 5) is 16.9. The van der Waals surface area contributed by atoms with E-state index in [0.29, 0.717) is 10.6 Å². The molecule has 0 amide bonds. The first-order valence-corrected chi connectivity index (χ1v) is 7.91. The number of allylic oxidation sites excluding steroid dienone is 1. The monoisotopic (exact) mass is 320 g/mol. The average Bonchev–Trinajstić information content (AvgIpc) is 3.10. The Morgan fingerprint density at radius 1 is 1.04 bits per heavy atom. The molecule has 23 heavy (non-hydrogen) atoms. The quantitative estimate of drug-likeness (QED) is 0.779. The van der Waals surface area contributed by atoms with Crippen molar-refractivity contribution in [3.05, 3.63) is 74.7 Å². The summed E-state index contributed by atoms with van der Waals surface area (Å²) in [6, 6.07) is 16.9. The second kappa shape index (κ2) is 5.37. The van der Waals surface area contributed by atoms with E-state index in [1.807, 2.05) is 42.5 Å². The molecule has 2 heterocycles. The predicted molar refractivity (Wildman–Crippen MR) is 94.0 cm³/mol. The Morgan fingerprint density at radius 3 is 2.61 bits per heavy atom. The Morgan fingerprint density at radius 2 is 1.78 bits per heavy atom. The number of benzene rings is 2. The summed E-state index contributed by atoms with van der Waals surface area (Å²) in [7, 11) is 0. The van der Waals surface area contributed by atoms with Gasteiger partial charge in [-0.3, -0.25) is 9.79 Å². The second-order valence-electron chi connectivity index (χ2n) is 5.10. The van der Waals surface area contributed by atoms with E-state index in [4.69, 9.17) is 0 Å². The summed E-state index contributed by atoms with van der Waals surface area (Å²) in [6.07, 6.45) is 3.55. The summed E-state index contributed by atoms with van der Waals surface area (Å²) in [5, 5.41) is 10.5. The molecule has 0 saturated heterocycles. The number of hydrogen-bond donors (Lipinski definition) is 1. The van der Waals surface area contributed by atoms with Crippen LogP contribution in [-0.4, -0.2) is 15.9 Å². The highest BCUT2D eigenvalue weighted by atomic mass is 32.1. The van der Waals surface area contributed by atoms with Crippen LogP contribution in [0.25, 0.3) is 17.3 Å². The maximum atomic E-state index is 12.2. The Labute approximate surface area is 136 Å². The van der Waals surface area contributed by atoms with Crippen molar-refractivity contribution < 1.29 is 5.11 Å². The number of aliphatic imine (C=N–C) groups is 1. The SMILES string of the molecule is O=c1sc(/C=C2\C=Nc3ccccc32)c(O)n1-c1ccccc1. The second-order valence-corrected chi connectivity index (χ2v) is 6.10. The van der Waals surface area contributed by atoms with Gasteiger partial charge in [-0.05, 0) is 24.3 Å². The van der Waals surface area contributed by atoms with E-state index in [-0.39, 0.29) is 10.8 Å². The lowest BCUT2D eigenvalue weighted by atomic mass is 10.1. The minimum absolute atomic E-state index is 0.0449. The number of aromatic hydroxyl groups is 1. The number of aromatic nitrogens is 1. The third-order valence-corrected chi connectivity index (χ3v) is 4.55. The number of fused-ring (bicyclic) bond motifs is 1. The summed E-state index contributed by atoms with van der Waals surface area (Å²) >= 11 is 1.02. The fourth-order valence-electron chi connectivity index (χ4n) is 2.58. The van der Waals surface area contributed by atoms with E-state index >= 15 is 0 Å². The van der Waals surface area contributed by atoms with Crippen molar-refractivity contribution >= 4 is 34.9 Å². The van der Waals surface area contributed by atoms with Crippen LogP contribution in [0.5, 0.6) is 5.88 Å². The van der Waals surface area contributed by atoms with Crippen LogP contribution in [-0.2, 0) is 0 Å². The van der Waals surface area contributed by atoms with Crippen molar-refractivity contribution in [3.8, 4) is 11.6 Å². The summed E-state index contributed by atoms with van der Waals surface area (Å²) in [5.41, 5.74) is 3.43. The summed E-state index contributed by atoms with van der Waals surface area (Å²) in [6.45, 7) is 0. The zero-order valence-electron chi connectivity index (χ0n) is 12.0.